The van der Waals surface area contributed by atoms with Gasteiger partial charge in [0.1, 0.15) is 0 Å². The lowest BCUT2D eigenvalue weighted by molar-refractivity contribution is 0.209. The van der Waals surface area contributed by atoms with E-state index in [1.807, 2.05) is 12.1 Å². The highest BCUT2D eigenvalue weighted by Gasteiger charge is 2.18. The van der Waals surface area contributed by atoms with E-state index in [0.29, 0.717) is 11.7 Å². The lowest BCUT2D eigenvalue weighted by atomic mass is 10.0. The van der Waals surface area contributed by atoms with Crippen molar-refractivity contribution in [3.8, 4) is 0 Å². The van der Waals surface area contributed by atoms with Gasteiger partial charge in [-0.1, -0.05) is 30.3 Å². The van der Waals surface area contributed by atoms with Gasteiger partial charge in [-0.15, -0.1) is 0 Å². The van der Waals surface area contributed by atoms with Crippen molar-refractivity contribution in [3.63, 3.8) is 0 Å². The van der Waals surface area contributed by atoms with E-state index < -0.39 is 6.09 Å². The molecule has 1 fully saturated rings. The van der Waals surface area contributed by atoms with E-state index >= 15 is 0 Å². The minimum absolute atomic E-state index is 0.478. The van der Waals surface area contributed by atoms with Crippen LogP contribution in [0.1, 0.15) is 18.4 Å². The lowest BCUT2D eigenvalue weighted by Crippen LogP contribution is -2.40. The predicted molar refractivity (Wildman–Crippen MR) is 101 cm³/mol. The monoisotopic (exact) mass is 339 g/mol. The molecular formula is C20H25N3O2. The van der Waals surface area contributed by atoms with Crippen molar-refractivity contribution in [1.82, 2.24) is 4.90 Å². The Hall–Kier alpha value is -2.53. The average molecular weight is 339 g/mol. The van der Waals surface area contributed by atoms with Crippen LogP contribution in [0, 0.1) is 0 Å². The molecule has 0 aromatic heterocycles. The van der Waals surface area contributed by atoms with Crippen LogP contribution >= 0.6 is 0 Å². The number of carbonyl (C=O) groups is 1. The van der Waals surface area contributed by atoms with Crippen molar-refractivity contribution in [2.24, 2.45) is 0 Å². The second-order valence-electron chi connectivity index (χ2n) is 6.50. The summed E-state index contributed by atoms with van der Waals surface area (Å²) in [5, 5.41) is 14.6. The van der Waals surface area contributed by atoms with Crippen LogP contribution in [0.3, 0.4) is 0 Å². The minimum Gasteiger partial charge on any atom is -0.465 e. The number of rotatable bonds is 6. The maximum absolute atomic E-state index is 10.6. The number of amides is 1. The van der Waals surface area contributed by atoms with Gasteiger partial charge in [-0.3, -0.25) is 5.32 Å². The van der Waals surface area contributed by atoms with Gasteiger partial charge in [-0.05, 0) is 49.1 Å². The van der Waals surface area contributed by atoms with Gasteiger partial charge in [0.05, 0.1) is 0 Å². The SMILES string of the molecule is O=C(O)Nc1ccc(NC2CCN(CCc3ccccc3)CC2)cc1. The molecule has 2 aromatic carbocycles. The van der Waals surface area contributed by atoms with Gasteiger partial charge in [0.25, 0.3) is 0 Å². The van der Waals surface area contributed by atoms with Crippen LogP contribution in [0.25, 0.3) is 0 Å². The molecule has 132 valence electrons. The highest BCUT2D eigenvalue weighted by molar-refractivity contribution is 5.83. The molecule has 25 heavy (non-hydrogen) atoms. The third-order valence-electron chi connectivity index (χ3n) is 4.65. The van der Waals surface area contributed by atoms with Gasteiger partial charge in [0.2, 0.25) is 0 Å². The molecule has 5 heteroatoms. The Morgan fingerprint density at radius 1 is 1.00 bits per heavy atom. The standard InChI is InChI=1S/C20H25N3O2/c24-20(25)22-18-8-6-17(7-9-18)21-19-11-14-23(15-12-19)13-10-16-4-2-1-3-5-16/h1-9,19,21-22H,10-15H2,(H,24,25). The Bertz CT molecular complexity index is 665. The van der Waals surface area contributed by atoms with E-state index in [9.17, 15) is 4.79 Å². The summed E-state index contributed by atoms with van der Waals surface area (Å²) < 4.78 is 0. The Balaban J connectivity index is 1.41. The number of hydrogen-bond acceptors (Lipinski definition) is 3. The molecule has 1 heterocycles. The third kappa shape index (κ3) is 5.50. The molecule has 1 aliphatic rings. The normalized spacial score (nSPS) is 15.7. The van der Waals surface area contributed by atoms with Crippen molar-refractivity contribution in [1.29, 1.82) is 0 Å². The van der Waals surface area contributed by atoms with Crippen LogP contribution in [0.5, 0.6) is 0 Å². The van der Waals surface area contributed by atoms with Crippen molar-refractivity contribution < 1.29 is 9.90 Å². The smallest absolute Gasteiger partial charge is 0.409 e. The van der Waals surface area contributed by atoms with E-state index in [2.05, 4.69) is 45.9 Å². The van der Waals surface area contributed by atoms with Crippen LogP contribution in [0.4, 0.5) is 16.2 Å². The largest absolute Gasteiger partial charge is 0.465 e. The maximum atomic E-state index is 10.6. The Kier molecular flexibility index (Phi) is 5.90. The molecule has 0 aliphatic carbocycles. The van der Waals surface area contributed by atoms with E-state index in [1.54, 1.807) is 12.1 Å². The topological polar surface area (TPSA) is 64.6 Å². The molecule has 0 radical (unpaired) electrons. The first-order chi connectivity index (χ1) is 12.2. The fourth-order valence-electron chi connectivity index (χ4n) is 3.24. The van der Waals surface area contributed by atoms with Gasteiger partial charge in [-0.25, -0.2) is 4.79 Å². The molecule has 0 unspecified atom stereocenters. The third-order valence-corrected chi connectivity index (χ3v) is 4.65. The highest BCUT2D eigenvalue weighted by atomic mass is 16.4. The molecule has 3 rings (SSSR count). The zero-order valence-electron chi connectivity index (χ0n) is 14.3. The summed E-state index contributed by atoms with van der Waals surface area (Å²) in [6.45, 7) is 3.35. The fourth-order valence-corrected chi connectivity index (χ4v) is 3.24. The van der Waals surface area contributed by atoms with Crippen LogP contribution in [-0.2, 0) is 6.42 Å². The van der Waals surface area contributed by atoms with Crippen LogP contribution in [0.2, 0.25) is 0 Å². The minimum atomic E-state index is -1.04. The molecule has 1 amide bonds. The first-order valence-corrected chi connectivity index (χ1v) is 8.82. The molecule has 1 aliphatic heterocycles. The van der Waals surface area contributed by atoms with Crippen LogP contribution < -0.4 is 10.6 Å². The van der Waals surface area contributed by atoms with Crippen LogP contribution in [-0.4, -0.2) is 41.8 Å². The predicted octanol–water partition coefficient (Wildman–Crippen LogP) is 3.90. The molecule has 2 aromatic rings. The number of carboxylic acid groups (broad SMARTS) is 1. The first-order valence-electron chi connectivity index (χ1n) is 8.82. The molecule has 5 nitrogen and oxygen atoms in total. The summed E-state index contributed by atoms with van der Waals surface area (Å²) in [5.74, 6) is 0. The first kappa shape index (κ1) is 17.3. The fraction of sp³-hybridized carbons (Fsp3) is 0.350. The van der Waals surface area contributed by atoms with E-state index in [1.165, 1.54) is 5.56 Å². The summed E-state index contributed by atoms with van der Waals surface area (Å²) >= 11 is 0. The quantitative estimate of drug-likeness (QED) is 0.747. The van der Waals surface area contributed by atoms with Gasteiger partial charge >= 0.3 is 6.09 Å². The molecule has 0 atom stereocenters. The van der Waals surface area contributed by atoms with E-state index in [-0.39, 0.29) is 0 Å². The zero-order chi connectivity index (χ0) is 17.5. The number of nitrogens with one attached hydrogen (secondary N) is 2. The van der Waals surface area contributed by atoms with Gasteiger partial charge in [0, 0.05) is 37.1 Å². The number of piperidine rings is 1. The van der Waals surface area contributed by atoms with Gasteiger partial charge < -0.3 is 15.3 Å². The van der Waals surface area contributed by atoms with Crippen molar-refractivity contribution >= 4 is 17.5 Å². The molecule has 0 bridgehead atoms. The number of hydrogen-bond donors (Lipinski definition) is 3. The van der Waals surface area contributed by atoms with E-state index in [4.69, 9.17) is 5.11 Å². The molecule has 3 N–H and O–H groups in total. The Labute approximate surface area is 148 Å². The second-order valence-corrected chi connectivity index (χ2v) is 6.50. The number of likely N-dealkylation sites (tertiary alicyclic amines) is 1. The molecule has 1 saturated heterocycles. The van der Waals surface area contributed by atoms with Gasteiger partial charge in [0.15, 0.2) is 0 Å². The summed E-state index contributed by atoms with van der Waals surface area (Å²) in [7, 11) is 0. The Morgan fingerprint density at radius 2 is 1.64 bits per heavy atom. The summed E-state index contributed by atoms with van der Waals surface area (Å²) in [6.07, 6.45) is 2.33. The van der Waals surface area contributed by atoms with E-state index in [0.717, 1.165) is 44.6 Å². The van der Waals surface area contributed by atoms with Crippen molar-refractivity contribution in [2.45, 2.75) is 25.3 Å². The van der Waals surface area contributed by atoms with Crippen molar-refractivity contribution in [3.05, 3.63) is 60.2 Å². The number of benzene rings is 2. The summed E-state index contributed by atoms with van der Waals surface area (Å²) in [5.41, 5.74) is 3.03. The Morgan fingerprint density at radius 3 is 2.28 bits per heavy atom. The maximum Gasteiger partial charge on any atom is 0.409 e. The number of nitrogens with zero attached hydrogens (tertiary/aromatic N) is 1. The zero-order valence-corrected chi connectivity index (χ0v) is 14.3. The van der Waals surface area contributed by atoms with Crippen LogP contribution in [0.15, 0.2) is 54.6 Å². The lowest BCUT2D eigenvalue weighted by Gasteiger charge is -2.33. The highest BCUT2D eigenvalue weighted by Crippen LogP contribution is 2.19. The summed E-state index contributed by atoms with van der Waals surface area (Å²) in [4.78, 5) is 13.1. The molecule has 0 spiro atoms. The molecule has 0 saturated carbocycles. The average Bonchev–Trinajstić information content (AvgIpc) is 2.63. The summed E-state index contributed by atoms with van der Waals surface area (Å²) in [6, 6.07) is 18.5. The number of anilines is 2. The van der Waals surface area contributed by atoms with Gasteiger partial charge in [-0.2, -0.15) is 0 Å². The second kappa shape index (κ2) is 8.53. The van der Waals surface area contributed by atoms with Crippen molar-refractivity contribution in [2.75, 3.05) is 30.3 Å². The molecular weight excluding hydrogens is 314 g/mol.